The van der Waals surface area contributed by atoms with Gasteiger partial charge in [-0.3, -0.25) is 9.36 Å². The van der Waals surface area contributed by atoms with Crippen LogP contribution in [0.15, 0.2) is 59.9 Å². The quantitative estimate of drug-likeness (QED) is 0.407. The van der Waals surface area contributed by atoms with Gasteiger partial charge in [-0.2, -0.15) is 0 Å². The minimum Gasteiger partial charge on any atom is -0.360 e. The second-order valence-corrected chi connectivity index (χ2v) is 7.44. The van der Waals surface area contributed by atoms with E-state index >= 15 is 0 Å². The molecular weight excluding hydrogens is 433 g/mol. The Morgan fingerprint density at radius 2 is 1.91 bits per heavy atom. The second kappa shape index (κ2) is 8.05. The Kier molecular flexibility index (Phi) is 5.04. The van der Waals surface area contributed by atoms with Crippen molar-refractivity contribution in [2.45, 2.75) is 19.4 Å². The summed E-state index contributed by atoms with van der Waals surface area (Å²) in [6, 6.07) is 8.23. The van der Waals surface area contributed by atoms with Crippen molar-refractivity contribution < 1.29 is 13.2 Å². The Bertz CT molecular complexity index is 1560. The summed E-state index contributed by atoms with van der Waals surface area (Å²) < 4.78 is 44.1. The first-order valence-corrected chi connectivity index (χ1v) is 10.2. The predicted octanol–water partition coefficient (Wildman–Crippen LogP) is 4.64. The summed E-state index contributed by atoms with van der Waals surface area (Å²) in [4.78, 5) is 28.9. The van der Waals surface area contributed by atoms with Crippen LogP contribution in [0.5, 0.6) is 0 Å². The van der Waals surface area contributed by atoms with Gasteiger partial charge in [0, 0.05) is 11.8 Å². The van der Waals surface area contributed by atoms with E-state index in [1.807, 2.05) is 6.92 Å². The van der Waals surface area contributed by atoms with Crippen LogP contribution in [0.25, 0.3) is 27.6 Å². The van der Waals surface area contributed by atoms with Crippen molar-refractivity contribution in [1.82, 2.24) is 24.5 Å². The number of aromatic nitrogens is 5. The normalized spacial score (nSPS) is 12.4. The summed E-state index contributed by atoms with van der Waals surface area (Å²) in [5, 5.41) is 3.42. The Morgan fingerprint density at radius 3 is 2.70 bits per heavy atom. The van der Waals surface area contributed by atoms with Crippen LogP contribution in [0.3, 0.4) is 0 Å². The number of anilines is 1. The third-order valence-corrected chi connectivity index (χ3v) is 5.47. The molecule has 1 unspecified atom stereocenters. The van der Waals surface area contributed by atoms with Gasteiger partial charge < -0.3 is 10.3 Å². The summed E-state index contributed by atoms with van der Waals surface area (Å²) in [6.07, 6.45) is 3.30. The Balaban J connectivity index is 1.77. The molecule has 0 amide bonds. The zero-order valence-corrected chi connectivity index (χ0v) is 17.3. The molecule has 3 aromatic heterocycles. The van der Waals surface area contributed by atoms with Crippen LogP contribution in [-0.4, -0.2) is 24.5 Å². The summed E-state index contributed by atoms with van der Waals surface area (Å²) in [5.74, 6) is -2.05. The summed E-state index contributed by atoms with van der Waals surface area (Å²) in [5.41, 5.74) is 0.427. The lowest BCUT2D eigenvalue weighted by molar-refractivity contribution is 0.571. The van der Waals surface area contributed by atoms with E-state index in [4.69, 9.17) is 0 Å². The molecule has 0 bridgehead atoms. The maximum absolute atomic E-state index is 14.8. The van der Waals surface area contributed by atoms with Crippen molar-refractivity contribution in [2.75, 3.05) is 5.32 Å². The first kappa shape index (κ1) is 20.7. The molecule has 0 aliphatic carbocycles. The number of hydrogen-bond donors (Lipinski definition) is 2. The maximum Gasteiger partial charge on any atom is 0.266 e. The van der Waals surface area contributed by atoms with Crippen LogP contribution >= 0.6 is 0 Å². The molecule has 33 heavy (non-hydrogen) atoms. The van der Waals surface area contributed by atoms with Crippen molar-refractivity contribution in [3.63, 3.8) is 0 Å². The fourth-order valence-electron chi connectivity index (χ4n) is 3.93. The van der Waals surface area contributed by atoms with Gasteiger partial charge in [-0.05, 0) is 36.1 Å². The monoisotopic (exact) mass is 450 g/mol. The van der Waals surface area contributed by atoms with Crippen LogP contribution in [-0.2, 0) is 0 Å². The number of fused-ring (bicyclic) bond motifs is 2. The van der Waals surface area contributed by atoms with Crippen LogP contribution in [0.2, 0.25) is 0 Å². The number of pyridine rings is 1. The van der Waals surface area contributed by atoms with Gasteiger partial charge in [0.2, 0.25) is 0 Å². The van der Waals surface area contributed by atoms with Crippen molar-refractivity contribution in [3.8, 4) is 5.69 Å². The predicted molar refractivity (Wildman–Crippen MR) is 118 cm³/mol. The van der Waals surface area contributed by atoms with E-state index in [9.17, 15) is 18.0 Å². The third-order valence-electron chi connectivity index (χ3n) is 5.47. The standard InChI is InChI=1S/C23H17F3N6O/c1-2-16(31-22-20-21(28-10-27-20)29-11-30-22)18-8-12-4-3-5-14(25)19(12)23(33)32(18)17-7-6-13(24)9-15(17)26/h3-11,16H,2H2,1H3,(H2,27,28,29,30,31). The van der Waals surface area contributed by atoms with E-state index in [-0.39, 0.29) is 11.1 Å². The third kappa shape index (κ3) is 3.49. The van der Waals surface area contributed by atoms with Gasteiger partial charge in [0.15, 0.2) is 11.5 Å². The van der Waals surface area contributed by atoms with Gasteiger partial charge in [-0.1, -0.05) is 19.1 Å². The molecule has 2 aromatic carbocycles. The Labute approximate surface area is 185 Å². The molecule has 0 fully saturated rings. The van der Waals surface area contributed by atoms with E-state index in [1.54, 1.807) is 12.1 Å². The molecule has 0 aliphatic heterocycles. The van der Waals surface area contributed by atoms with Gasteiger partial charge in [-0.25, -0.2) is 28.1 Å². The lowest BCUT2D eigenvalue weighted by atomic mass is 10.0. The molecule has 0 saturated heterocycles. The van der Waals surface area contributed by atoms with E-state index in [2.05, 4.69) is 25.3 Å². The van der Waals surface area contributed by atoms with Crippen molar-refractivity contribution in [1.29, 1.82) is 0 Å². The minimum atomic E-state index is -0.944. The molecule has 0 aliphatic rings. The first-order valence-electron chi connectivity index (χ1n) is 10.2. The highest BCUT2D eigenvalue weighted by atomic mass is 19.1. The molecule has 10 heteroatoms. The van der Waals surface area contributed by atoms with E-state index in [0.717, 1.165) is 16.7 Å². The number of hydrogen-bond acceptors (Lipinski definition) is 5. The molecule has 2 N–H and O–H groups in total. The number of nitrogens with zero attached hydrogens (tertiary/aromatic N) is 4. The number of imidazole rings is 1. The minimum absolute atomic E-state index is 0.184. The number of nitrogens with one attached hydrogen (secondary N) is 2. The van der Waals surface area contributed by atoms with Crippen molar-refractivity contribution >= 4 is 27.8 Å². The SMILES string of the molecule is CCC(Nc1ncnc2[nH]cnc12)c1cc2cccc(F)c2c(=O)n1-c1ccc(F)cc1F. The first-order chi connectivity index (χ1) is 16.0. The van der Waals surface area contributed by atoms with Crippen LogP contribution in [0.1, 0.15) is 25.1 Å². The highest BCUT2D eigenvalue weighted by Crippen LogP contribution is 2.29. The molecule has 5 rings (SSSR count). The summed E-state index contributed by atoms with van der Waals surface area (Å²) in [7, 11) is 0. The summed E-state index contributed by atoms with van der Waals surface area (Å²) >= 11 is 0. The number of H-pyrrole nitrogens is 1. The summed E-state index contributed by atoms with van der Waals surface area (Å²) in [6.45, 7) is 1.87. The Hall–Kier alpha value is -4.21. The van der Waals surface area contributed by atoms with Gasteiger partial charge >= 0.3 is 0 Å². The van der Waals surface area contributed by atoms with Crippen LogP contribution in [0, 0.1) is 17.5 Å². The topological polar surface area (TPSA) is 88.5 Å². The largest absolute Gasteiger partial charge is 0.360 e. The molecule has 1 atom stereocenters. The van der Waals surface area contributed by atoms with Gasteiger partial charge in [0.25, 0.3) is 5.56 Å². The van der Waals surface area contributed by atoms with Crippen LogP contribution in [0.4, 0.5) is 19.0 Å². The number of rotatable bonds is 5. The van der Waals surface area contributed by atoms with E-state index < -0.39 is 29.1 Å². The average Bonchev–Trinajstić information content (AvgIpc) is 3.28. The smallest absolute Gasteiger partial charge is 0.266 e. The maximum atomic E-state index is 14.8. The molecule has 5 aromatic rings. The molecule has 7 nitrogen and oxygen atoms in total. The number of aromatic amines is 1. The van der Waals surface area contributed by atoms with E-state index in [0.29, 0.717) is 40.5 Å². The molecule has 0 spiro atoms. The van der Waals surface area contributed by atoms with E-state index in [1.165, 1.54) is 24.8 Å². The van der Waals surface area contributed by atoms with Crippen LogP contribution < -0.4 is 10.9 Å². The fraction of sp³-hybridized carbons (Fsp3) is 0.130. The zero-order chi connectivity index (χ0) is 23.1. The average molecular weight is 450 g/mol. The molecule has 0 radical (unpaired) electrons. The number of halogens is 3. The Morgan fingerprint density at radius 1 is 1.06 bits per heavy atom. The lowest BCUT2D eigenvalue weighted by Crippen LogP contribution is -2.27. The molecule has 0 saturated carbocycles. The molecule has 3 heterocycles. The second-order valence-electron chi connectivity index (χ2n) is 7.44. The van der Waals surface area contributed by atoms with Gasteiger partial charge in [-0.15, -0.1) is 0 Å². The highest BCUT2D eigenvalue weighted by molar-refractivity contribution is 5.84. The number of benzene rings is 2. The molecule has 166 valence electrons. The zero-order valence-electron chi connectivity index (χ0n) is 17.3. The van der Waals surface area contributed by atoms with Crippen molar-refractivity contribution in [2.24, 2.45) is 0 Å². The highest BCUT2D eigenvalue weighted by Gasteiger charge is 2.23. The van der Waals surface area contributed by atoms with Gasteiger partial charge in [0.1, 0.15) is 29.3 Å². The fourth-order valence-corrected chi connectivity index (χ4v) is 3.93. The van der Waals surface area contributed by atoms with Gasteiger partial charge in [0.05, 0.1) is 23.4 Å². The molecular formula is C23H17F3N6O. The lowest BCUT2D eigenvalue weighted by Gasteiger charge is -2.23. The van der Waals surface area contributed by atoms with Crippen molar-refractivity contribution in [3.05, 3.63) is 88.6 Å².